The van der Waals surface area contributed by atoms with E-state index >= 15 is 0 Å². The van der Waals surface area contributed by atoms with E-state index in [9.17, 15) is 5.11 Å². The van der Waals surface area contributed by atoms with Crippen molar-refractivity contribution in [3.8, 4) is 5.75 Å². The van der Waals surface area contributed by atoms with Gasteiger partial charge in [0.05, 0.1) is 17.9 Å². The summed E-state index contributed by atoms with van der Waals surface area (Å²) in [5.41, 5.74) is 3.60. The number of rotatable bonds is 4. The summed E-state index contributed by atoms with van der Waals surface area (Å²) in [6, 6.07) is 5.72. The lowest BCUT2D eigenvalue weighted by atomic mass is 10.1. The number of ether oxygens (including phenoxy) is 1. The van der Waals surface area contributed by atoms with E-state index in [0.29, 0.717) is 6.61 Å². The lowest BCUT2D eigenvalue weighted by molar-refractivity contribution is 0.257. The highest BCUT2D eigenvalue weighted by molar-refractivity contribution is 5.40. The lowest BCUT2D eigenvalue weighted by Gasteiger charge is -2.12. The number of hydrogen-bond acceptors (Lipinski definition) is 4. The average Bonchev–Trinajstić information content (AvgIpc) is 2.68. The van der Waals surface area contributed by atoms with Crippen LogP contribution in [0.2, 0.25) is 0 Å². The predicted octanol–water partition coefficient (Wildman–Crippen LogP) is 2.67. The van der Waals surface area contributed by atoms with Gasteiger partial charge in [-0.3, -0.25) is 0 Å². The highest BCUT2D eigenvalue weighted by Gasteiger charge is 2.12. The third-order valence-corrected chi connectivity index (χ3v) is 3.01. The van der Waals surface area contributed by atoms with E-state index in [1.165, 1.54) is 0 Å². The Hall–Kier alpha value is -1.81. The molecule has 0 aliphatic heterocycles. The fourth-order valence-corrected chi connectivity index (χ4v) is 1.90. The van der Waals surface area contributed by atoms with Gasteiger partial charge in [0, 0.05) is 5.56 Å². The van der Waals surface area contributed by atoms with Crippen LogP contribution in [0.25, 0.3) is 0 Å². The van der Waals surface area contributed by atoms with Gasteiger partial charge in [0.15, 0.2) is 0 Å². The molecule has 0 fully saturated rings. The minimum absolute atomic E-state index is 0.0292. The van der Waals surface area contributed by atoms with Gasteiger partial charge in [-0.1, -0.05) is 23.4 Å². The quantitative estimate of drug-likeness (QED) is 0.902. The minimum Gasteiger partial charge on any atom is -0.488 e. The molecule has 4 heteroatoms. The molecule has 2 rings (SSSR count). The van der Waals surface area contributed by atoms with Gasteiger partial charge in [0.1, 0.15) is 18.1 Å². The Kier molecular flexibility index (Phi) is 3.67. The highest BCUT2D eigenvalue weighted by Crippen LogP contribution is 2.25. The van der Waals surface area contributed by atoms with Crippen molar-refractivity contribution >= 4 is 0 Å². The smallest absolute Gasteiger partial charge is 0.140 e. The van der Waals surface area contributed by atoms with Crippen LogP contribution in [0.3, 0.4) is 0 Å². The molecule has 0 amide bonds. The second-order valence-electron chi connectivity index (χ2n) is 4.31. The van der Waals surface area contributed by atoms with Crippen LogP contribution in [-0.2, 0) is 13.2 Å². The van der Waals surface area contributed by atoms with Crippen molar-refractivity contribution in [2.24, 2.45) is 0 Å². The van der Waals surface area contributed by atoms with Crippen LogP contribution >= 0.6 is 0 Å². The molecule has 0 bridgehead atoms. The molecule has 18 heavy (non-hydrogen) atoms. The molecule has 0 aliphatic carbocycles. The van der Waals surface area contributed by atoms with Crippen LogP contribution < -0.4 is 4.74 Å². The monoisotopic (exact) mass is 247 g/mol. The number of para-hydroxylation sites is 1. The Morgan fingerprint density at radius 1 is 1.28 bits per heavy atom. The van der Waals surface area contributed by atoms with Gasteiger partial charge < -0.3 is 14.4 Å². The molecule has 1 aromatic carbocycles. The van der Waals surface area contributed by atoms with Crippen molar-refractivity contribution < 1.29 is 14.4 Å². The molecular formula is C14H17NO3. The van der Waals surface area contributed by atoms with Gasteiger partial charge >= 0.3 is 0 Å². The number of aryl methyl sites for hydroxylation is 3. The Labute approximate surface area is 106 Å². The zero-order valence-corrected chi connectivity index (χ0v) is 10.9. The number of aromatic nitrogens is 1. The molecule has 1 heterocycles. The molecule has 0 saturated carbocycles. The van der Waals surface area contributed by atoms with Crippen molar-refractivity contribution in [3.63, 3.8) is 0 Å². The number of aliphatic hydroxyl groups excluding tert-OH is 1. The molecule has 4 nitrogen and oxygen atoms in total. The fourth-order valence-electron chi connectivity index (χ4n) is 1.90. The Morgan fingerprint density at radius 3 is 2.67 bits per heavy atom. The molecule has 0 unspecified atom stereocenters. The topological polar surface area (TPSA) is 55.5 Å². The summed E-state index contributed by atoms with van der Waals surface area (Å²) >= 11 is 0. The largest absolute Gasteiger partial charge is 0.488 e. The number of nitrogens with zero attached hydrogens (tertiary/aromatic N) is 1. The zero-order chi connectivity index (χ0) is 13.1. The third-order valence-electron chi connectivity index (χ3n) is 3.01. The van der Waals surface area contributed by atoms with Gasteiger partial charge in [0.25, 0.3) is 0 Å². The van der Waals surface area contributed by atoms with E-state index in [0.717, 1.165) is 33.9 Å². The lowest BCUT2D eigenvalue weighted by Crippen LogP contribution is -2.02. The van der Waals surface area contributed by atoms with Crippen molar-refractivity contribution in [2.45, 2.75) is 34.0 Å². The van der Waals surface area contributed by atoms with Gasteiger partial charge in [-0.25, -0.2) is 0 Å². The summed E-state index contributed by atoms with van der Waals surface area (Å²) in [6.45, 7) is 6.09. The zero-order valence-electron chi connectivity index (χ0n) is 10.9. The van der Waals surface area contributed by atoms with Crippen molar-refractivity contribution in [3.05, 3.63) is 46.3 Å². The van der Waals surface area contributed by atoms with Gasteiger partial charge in [0.2, 0.25) is 0 Å². The summed E-state index contributed by atoms with van der Waals surface area (Å²) < 4.78 is 10.9. The molecule has 0 spiro atoms. The van der Waals surface area contributed by atoms with E-state index in [4.69, 9.17) is 9.26 Å². The second-order valence-corrected chi connectivity index (χ2v) is 4.31. The van der Waals surface area contributed by atoms with Crippen LogP contribution in [0.1, 0.15) is 28.1 Å². The number of aliphatic hydroxyl groups is 1. The highest BCUT2D eigenvalue weighted by atomic mass is 16.5. The molecular weight excluding hydrogens is 230 g/mol. The molecule has 1 N–H and O–H groups in total. The third kappa shape index (κ3) is 2.38. The van der Waals surface area contributed by atoms with E-state index < -0.39 is 0 Å². The maximum Gasteiger partial charge on any atom is 0.140 e. The summed E-state index contributed by atoms with van der Waals surface area (Å²) in [5.74, 6) is 1.51. The van der Waals surface area contributed by atoms with E-state index in [-0.39, 0.29) is 6.61 Å². The first kappa shape index (κ1) is 12.6. The first-order valence-corrected chi connectivity index (χ1v) is 5.87. The van der Waals surface area contributed by atoms with Crippen LogP contribution in [0.15, 0.2) is 22.7 Å². The standard InChI is InChI=1S/C14H17NO3/c1-9-5-4-6-12(7-16)14(9)17-8-13-10(2)15-18-11(13)3/h4-6,16H,7-8H2,1-3H3. The fraction of sp³-hybridized carbons (Fsp3) is 0.357. The molecule has 2 aromatic rings. The predicted molar refractivity (Wildman–Crippen MR) is 67.4 cm³/mol. The van der Waals surface area contributed by atoms with Crippen LogP contribution in [0, 0.1) is 20.8 Å². The van der Waals surface area contributed by atoms with Crippen LogP contribution in [0.5, 0.6) is 5.75 Å². The molecule has 1 aromatic heterocycles. The van der Waals surface area contributed by atoms with Crippen molar-refractivity contribution in [2.75, 3.05) is 0 Å². The first-order valence-electron chi connectivity index (χ1n) is 5.87. The summed E-state index contributed by atoms with van der Waals surface area (Å²) in [4.78, 5) is 0. The normalized spacial score (nSPS) is 10.7. The number of benzene rings is 1. The van der Waals surface area contributed by atoms with E-state index in [1.807, 2.05) is 39.0 Å². The molecule has 0 radical (unpaired) electrons. The minimum atomic E-state index is -0.0292. The molecule has 0 atom stereocenters. The molecule has 0 saturated heterocycles. The summed E-state index contributed by atoms with van der Waals surface area (Å²) in [7, 11) is 0. The van der Waals surface area contributed by atoms with Gasteiger partial charge in [-0.05, 0) is 26.3 Å². The maximum atomic E-state index is 9.30. The Morgan fingerprint density at radius 2 is 2.06 bits per heavy atom. The van der Waals surface area contributed by atoms with Crippen LogP contribution in [-0.4, -0.2) is 10.3 Å². The summed E-state index contributed by atoms with van der Waals surface area (Å²) in [6.07, 6.45) is 0. The van der Waals surface area contributed by atoms with E-state index in [1.54, 1.807) is 0 Å². The van der Waals surface area contributed by atoms with E-state index in [2.05, 4.69) is 5.16 Å². The Balaban J connectivity index is 2.20. The second kappa shape index (κ2) is 5.23. The van der Waals surface area contributed by atoms with Crippen molar-refractivity contribution in [1.82, 2.24) is 5.16 Å². The number of hydrogen-bond donors (Lipinski definition) is 1. The summed E-state index contributed by atoms with van der Waals surface area (Å²) in [5, 5.41) is 13.2. The first-order chi connectivity index (χ1) is 8.63. The average molecular weight is 247 g/mol. The molecule has 0 aliphatic rings. The maximum absolute atomic E-state index is 9.30. The Bertz CT molecular complexity index is 526. The molecule has 96 valence electrons. The van der Waals surface area contributed by atoms with Gasteiger partial charge in [-0.2, -0.15) is 0 Å². The van der Waals surface area contributed by atoms with Gasteiger partial charge in [-0.15, -0.1) is 0 Å². The van der Waals surface area contributed by atoms with Crippen LogP contribution in [0.4, 0.5) is 0 Å². The van der Waals surface area contributed by atoms with Crippen molar-refractivity contribution in [1.29, 1.82) is 0 Å². The SMILES string of the molecule is Cc1cccc(CO)c1OCc1c(C)noc1C.